The number of benzene rings is 1. The SMILES string of the molecule is Cc1c(Br)cccc1CNC(C)CO. The molecule has 1 aromatic rings. The van der Waals surface area contributed by atoms with Gasteiger partial charge in [-0.05, 0) is 31.0 Å². The van der Waals surface area contributed by atoms with E-state index < -0.39 is 0 Å². The van der Waals surface area contributed by atoms with Gasteiger partial charge >= 0.3 is 0 Å². The molecular weight excluding hydrogens is 242 g/mol. The summed E-state index contributed by atoms with van der Waals surface area (Å²) < 4.78 is 1.13. The smallest absolute Gasteiger partial charge is 0.0582 e. The standard InChI is InChI=1S/C11H16BrNO/c1-8(7-14)13-6-10-4-3-5-11(12)9(10)2/h3-5,8,13-14H,6-7H2,1-2H3. The van der Waals surface area contributed by atoms with Crippen molar-refractivity contribution in [1.82, 2.24) is 5.32 Å². The van der Waals surface area contributed by atoms with Gasteiger partial charge in [-0.15, -0.1) is 0 Å². The van der Waals surface area contributed by atoms with Crippen LogP contribution in [0.3, 0.4) is 0 Å². The highest BCUT2D eigenvalue weighted by atomic mass is 79.9. The average Bonchev–Trinajstić information content (AvgIpc) is 2.20. The van der Waals surface area contributed by atoms with Gasteiger partial charge in [0.2, 0.25) is 0 Å². The molecule has 0 aliphatic carbocycles. The van der Waals surface area contributed by atoms with Gasteiger partial charge in [0.15, 0.2) is 0 Å². The minimum atomic E-state index is 0.147. The Kier molecular flexibility index (Phi) is 4.58. The maximum absolute atomic E-state index is 8.86. The maximum atomic E-state index is 8.86. The Bertz CT molecular complexity index is 301. The van der Waals surface area contributed by atoms with Gasteiger partial charge in [0, 0.05) is 17.1 Å². The Morgan fingerprint density at radius 2 is 2.21 bits per heavy atom. The molecule has 0 spiro atoms. The molecule has 0 bridgehead atoms. The fourth-order valence-corrected chi connectivity index (χ4v) is 1.60. The molecule has 0 fully saturated rings. The third-order valence-electron chi connectivity index (χ3n) is 2.29. The van der Waals surface area contributed by atoms with Crippen LogP contribution in [0.5, 0.6) is 0 Å². The van der Waals surface area contributed by atoms with Gasteiger partial charge in [-0.3, -0.25) is 0 Å². The number of rotatable bonds is 4. The molecule has 0 heterocycles. The summed E-state index contributed by atoms with van der Waals surface area (Å²) in [6, 6.07) is 6.30. The third kappa shape index (κ3) is 3.08. The van der Waals surface area contributed by atoms with E-state index in [-0.39, 0.29) is 12.6 Å². The van der Waals surface area contributed by atoms with Crippen molar-refractivity contribution in [3.05, 3.63) is 33.8 Å². The molecule has 14 heavy (non-hydrogen) atoms. The molecule has 2 nitrogen and oxygen atoms in total. The number of hydrogen-bond donors (Lipinski definition) is 2. The van der Waals surface area contributed by atoms with Crippen molar-refractivity contribution in [3.63, 3.8) is 0 Å². The molecule has 1 unspecified atom stereocenters. The van der Waals surface area contributed by atoms with Gasteiger partial charge in [0.1, 0.15) is 0 Å². The highest BCUT2D eigenvalue weighted by Gasteiger charge is 2.03. The van der Waals surface area contributed by atoms with Crippen LogP contribution >= 0.6 is 15.9 Å². The third-order valence-corrected chi connectivity index (χ3v) is 3.15. The van der Waals surface area contributed by atoms with Crippen molar-refractivity contribution >= 4 is 15.9 Å². The van der Waals surface area contributed by atoms with Crippen molar-refractivity contribution in [2.75, 3.05) is 6.61 Å². The van der Waals surface area contributed by atoms with Crippen LogP contribution in [0.2, 0.25) is 0 Å². The first-order valence-electron chi connectivity index (χ1n) is 4.73. The van der Waals surface area contributed by atoms with E-state index in [0.29, 0.717) is 0 Å². The summed E-state index contributed by atoms with van der Waals surface area (Å²) in [4.78, 5) is 0. The molecule has 78 valence electrons. The zero-order chi connectivity index (χ0) is 10.6. The fraction of sp³-hybridized carbons (Fsp3) is 0.455. The number of halogens is 1. The summed E-state index contributed by atoms with van der Waals surface area (Å²) >= 11 is 3.49. The van der Waals surface area contributed by atoms with Crippen LogP contribution < -0.4 is 5.32 Å². The summed E-state index contributed by atoms with van der Waals surface area (Å²) in [5.41, 5.74) is 2.52. The van der Waals surface area contributed by atoms with E-state index in [1.54, 1.807) is 0 Å². The zero-order valence-corrected chi connectivity index (χ0v) is 10.1. The quantitative estimate of drug-likeness (QED) is 0.868. The molecule has 0 radical (unpaired) electrons. The zero-order valence-electron chi connectivity index (χ0n) is 8.55. The lowest BCUT2D eigenvalue weighted by Gasteiger charge is -2.12. The van der Waals surface area contributed by atoms with Crippen LogP contribution in [0, 0.1) is 6.92 Å². The van der Waals surface area contributed by atoms with Crippen LogP contribution in [-0.2, 0) is 6.54 Å². The number of aliphatic hydroxyl groups is 1. The fourth-order valence-electron chi connectivity index (χ4n) is 1.19. The topological polar surface area (TPSA) is 32.3 Å². The molecule has 0 saturated carbocycles. The second-order valence-corrected chi connectivity index (χ2v) is 4.34. The minimum absolute atomic E-state index is 0.147. The van der Waals surface area contributed by atoms with E-state index >= 15 is 0 Å². The normalized spacial score (nSPS) is 12.9. The van der Waals surface area contributed by atoms with Crippen LogP contribution in [-0.4, -0.2) is 17.8 Å². The molecule has 3 heteroatoms. The van der Waals surface area contributed by atoms with Crippen LogP contribution in [0.15, 0.2) is 22.7 Å². The van der Waals surface area contributed by atoms with E-state index in [9.17, 15) is 0 Å². The first kappa shape index (κ1) is 11.7. The Morgan fingerprint density at radius 1 is 1.50 bits per heavy atom. The molecular formula is C11H16BrNO. The average molecular weight is 258 g/mol. The molecule has 1 atom stereocenters. The Balaban J connectivity index is 2.63. The predicted molar refractivity (Wildman–Crippen MR) is 62.3 cm³/mol. The van der Waals surface area contributed by atoms with E-state index in [0.717, 1.165) is 11.0 Å². The van der Waals surface area contributed by atoms with E-state index in [2.05, 4.69) is 34.2 Å². The monoisotopic (exact) mass is 257 g/mol. The number of aliphatic hydroxyl groups excluding tert-OH is 1. The molecule has 0 amide bonds. The predicted octanol–water partition coefficient (Wildman–Crippen LogP) is 2.23. The van der Waals surface area contributed by atoms with Crippen molar-refractivity contribution in [1.29, 1.82) is 0 Å². The maximum Gasteiger partial charge on any atom is 0.0582 e. The number of hydrogen-bond acceptors (Lipinski definition) is 2. The van der Waals surface area contributed by atoms with Gasteiger partial charge < -0.3 is 10.4 Å². The summed E-state index contributed by atoms with van der Waals surface area (Å²) in [6.45, 7) is 5.03. The molecule has 2 N–H and O–H groups in total. The molecule has 1 aromatic carbocycles. The Morgan fingerprint density at radius 3 is 2.86 bits per heavy atom. The summed E-state index contributed by atoms with van der Waals surface area (Å²) in [6.07, 6.45) is 0. The van der Waals surface area contributed by atoms with Gasteiger partial charge in [-0.1, -0.05) is 28.1 Å². The molecule has 0 aliphatic heterocycles. The van der Waals surface area contributed by atoms with Crippen LogP contribution in [0.4, 0.5) is 0 Å². The van der Waals surface area contributed by atoms with Crippen molar-refractivity contribution < 1.29 is 5.11 Å². The van der Waals surface area contributed by atoms with Gasteiger partial charge in [-0.25, -0.2) is 0 Å². The van der Waals surface area contributed by atoms with Crippen LogP contribution in [0.25, 0.3) is 0 Å². The lowest BCUT2D eigenvalue weighted by molar-refractivity contribution is 0.251. The van der Waals surface area contributed by atoms with Crippen LogP contribution in [0.1, 0.15) is 18.1 Å². The first-order chi connectivity index (χ1) is 6.65. The summed E-state index contributed by atoms with van der Waals surface area (Å²) in [5.74, 6) is 0. The summed E-state index contributed by atoms with van der Waals surface area (Å²) in [5, 5.41) is 12.1. The second-order valence-electron chi connectivity index (χ2n) is 3.49. The first-order valence-corrected chi connectivity index (χ1v) is 5.52. The van der Waals surface area contributed by atoms with E-state index in [1.807, 2.05) is 19.1 Å². The van der Waals surface area contributed by atoms with Crippen molar-refractivity contribution in [3.8, 4) is 0 Å². The van der Waals surface area contributed by atoms with Crippen molar-refractivity contribution in [2.45, 2.75) is 26.4 Å². The largest absolute Gasteiger partial charge is 0.395 e. The van der Waals surface area contributed by atoms with Gasteiger partial charge in [0.05, 0.1) is 6.61 Å². The molecule has 0 aromatic heterocycles. The Labute approximate surface area is 93.5 Å². The van der Waals surface area contributed by atoms with E-state index in [1.165, 1.54) is 11.1 Å². The van der Waals surface area contributed by atoms with Crippen molar-refractivity contribution in [2.24, 2.45) is 0 Å². The van der Waals surface area contributed by atoms with Gasteiger partial charge in [-0.2, -0.15) is 0 Å². The molecule has 1 rings (SSSR count). The Hall–Kier alpha value is -0.380. The highest BCUT2D eigenvalue weighted by Crippen LogP contribution is 2.19. The second kappa shape index (κ2) is 5.49. The molecule has 0 aliphatic rings. The van der Waals surface area contributed by atoms with Gasteiger partial charge in [0.25, 0.3) is 0 Å². The lowest BCUT2D eigenvalue weighted by Crippen LogP contribution is -2.28. The highest BCUT2D eigenvalue weighted by molar-refractivity contribution is 9.10. The lowest BCUT2D eigenvalue weighted by atomic mass is 10.1. The minimum Gasteiger partial charge on any atom is -0.395 e. The number of nitrogens with one attached hydrogen (secondary N) is 1. The summed E-state index contributed by atoms with van der Waals surface area (Å²) in [7, 11) is 0. The molecule has 0 saturated heterocycles. The van der Waals surface area contributed by atoms with E-state index in [4.69, 9.17) is 5.11 Å².